The van der Waals surface area contributed by atoms with Crippen LogP contribution in [0.5, 0.6) is 11.5 Å². The maximum Gasteiger partial charge on any atom is 0.210 e. The minimum Gasteiger partial charge on any atom is -0.504 e. The third kappa shape index (κ3) is 4.17. The molecule has 7 rings (SSSR count). The molecule has 0 saturated heterocycles. The number of phenolic OH excluding ortho intramolecular Hbond substituents is 2. The van der Waals surface area contributed by atoms with E-state index in [-0.39, 0.29) is 17.4 Å². The van der Waals surface area contributed by atoms with Crippen LogP contribution in [0.15, 0.2) is 103 Å². The molecule has 39 heavy (non-hydrogen) atoms. The van der Waals surface area contributed by atoms with Crippen LogP contribution in [0.25, 0.3) is 32.4 Å². The minimum atomic E-state index is -0.194. The molecule has 7 aromatic rings. The highest BCUT2D eigenvalue weighted by molar-refractivity contribution is 7.18. The van der Waals surface area contributed by atoms with E-state index in [9.17, 15) is 10.2 Å². The molecular weight excluding hydrogens is 506 g/mol. The molecule has 0 aliphatic carbocycles. The predicted molar refractivity (Wildman–Crippen MR) is 156 cm³/mol. The molecule has 5 N–H and O–H groups in total. The number of H-pyrrole nitrogens is 2. The van der Waals surface area contributed by atoms with E-state index in [1.54, 1.807) is 6.07 Å². The zero-order valence-corrected chi connectivity index (χ0v) is 21.4. The SMILES string of the molecule is Oc1ccc(Nc2nnc(-c3ccc(C(c4c[nH]c5ccccc45)c4c[nH]c5ccccc45)cc3)s2)cc1O. The number of aromatic nitrogens is 4. The van der Waals surface area contributed by atoms with Gasteiger partial charge < -0.3 is 25.5 Å². The van der Waals surface area contributed by atoms with Crippen LogP contribution >= 0.6 is 11.3 Å². The van der Waals surface area contributed by atoms with Gasteiger partial charge in [0.05, 0.1) is 0 Å². The quantitative estimate of drug-likeness (QED) is 0.113. The molecule has 0 atom stereocenters. The Hall–Kier alpha value is -5.08. The molecule has 3 aromatic heterocycles. The van der Waals surface area contributed by atoms with E-state index in [4.69, 9.17) is 0 Å². The molecule has 190 valence electrons. The third-order valence-electron chi connectivity index (χ3n) is 7.01. The first kappa shape index (κ1) is 23.1. The summed E-state index contributed by atoms with van der Waals surface area (Å²) in [5, 5.41) is 34.8. The summed E-state index contributed by atoms with van der Waals surface area (Å²) in [6.45, 7) is 0. The number of benzene rings is 4. The second-order valence-electron chi connectivity index (χ2n) is 9.38. The van der Waals surface area contributed by atoms with E-state index in [0.29, 0.717) is 10.8 Å². The fraction of sp³-hybridized carbons (Fsp3) is 0.0323. The fourth-order valence-electron chi connectivity index (χ4n) is 5.13. The van der Waals surface area contributed by atoms with Gasteiger partial charge in [0, 0.05) is 57.4 Å². The van der Waals surface area contributed by atoms with Crippen LogP contribution in [0.1, 0.15) is 22.6 Å². The van der Waals surface area contributed by atoms with Crippen LogP contribution in [-0.4, -0.2) is 30.4 Å². The molecule has 0 aliphatic heterocycles. The zero-order valence-electron chi connectivity index (χ0n) is 20.6. The van der Waals surface area contributed by atoms with Crippen LogP contribution in [0, 0.1) is 0 Å². The number of aromatic hydroxyl groups is 2. The number of aromatic amines is 2. The monoisotopic (exact) mass is 529 g/mol. The van der Waals surface area contributed by atoms with Gasteiger partial charge in [0.2, 0.25) is 5.13 Å². The Kier molecular flexibility index (Phi) is 5.53. The second kappa shape index (κ2) is 9.34. The molecule has 4 aromatic carbocycles. The number of hydrogen-bond donors (Lipinski definition) is 5. The molecule has 0 spiro atoms. The van der Waals surface area contributed by atoms with Gasteiger partial charge in [-0.3, -0.25) is 0 Å². The molecule has 0 bridgehead atoms. The largest absolute Gasteiger partial charge is 0.504 e. The summed E-state index contributed by atoms with van der Waals surface area (Å²) in [5.41, 5.74) is 7.44. The van der Waals surface area contributed by atoms with Crippen molar-refractivity contribution in [1.82, 2.24) is 20.2 Å². The Bertz CT molecular complexity index is 1860. The van der Waals surface area contributed by atoms with Gasteiger partial charge in [-0.15, -0.1) is 10.2 Å². The molecule has 3 heterocycles. The molecule has 0 unspecified atom stereocenters. The number of nitrogens with zero attached hydrogens (tertiary/aromatic N) is 2. The molecule has 0 amide bonds. The van der Waals surface area contributed by atoms with E-state index in [0.717, 1.165) is 21.6 Å². The van der Waals surface area contributed by atoms with Gasteiger partial charge >= 0.3 is 0 Å². The molecular formula is C31H23N5O2S. The van der Waals surface area contributed by atoms with Crippen molar-refractivity contribution >= 4 is 44.0 Å². The Morgan fingerprint density at radius 3 is 1.97 bits per heavy atom. The summed E-state index contributed by atoms with van der Waals surface area (Å²) in [5.74, 6) is -0.336. The molecule has 0 fully saturated rings. The lowest BCUT2D eigenvalue weighted by Crippen LogP contribution is -2.02. The first-order valence-electron chi connectivity index (χ1n) is 12.5. The van der Waals surface area contributed by atoms with Gasteiger partial charge in [0.15, 0.2) is 11.5 Å². The Balaban J connectivity index is 1.25. The lowest BCUT2D eigenvalue weighted by molar-refractivity contribution is 0.404. The summed E-state index contributed by atoms with van der Waals surface area (Å²) in [6.07, 6.45) is 4.24. The summed E-state index contributed by atoms with van der Waals surface area (Å²) in [6, 6.07) is 29.8. The lowest BCUT2D eigenvalue weighted by Gasteiger charge is -2.18. The van der Waals surface area contributed by atoms with E-state index >= 15 is 0 Å². The Labute approximate surface area is 227 Å². The Morgan fingerprint density at radius 1 is 0.692 bits per heavy atom. The lowest BCUT2D eigenvalue weighted by atomic mass is 9.84. The summed E-state index contributed by atoms with van der Waals surface area (Å²) >= 11 is 1.42. The number of phenols is 2. The van der Waals surface area contributed by atoms with E-state index in [1.807, 2.05) is 12.1 Å². The molecule has 8 heteroatoms. The summed E-state index contributed by atoms with van der Waals surface area (Å²) in [7, 11) is 0. The standard InChI is InChI=1S/C31H23N5O2S/c37-27-14-13-20(15-28(27)38)34-31-36-35-30(39-31)19-11-9-18(10-12-19)29(23-16-32-25-7-3-1-5-21(23)25)24-17-33-26-8-4-2-6-22(24)26/h1-17,29,32-33,37-38H,(H,34,36). The topological polar surface area (TPSA) is 110 Å². The highest BCUT2D eigenvalue weighted by atomic mass is 32.1. The molecule has 7 nitrogen and oxygen atoms in total. The van der Waals surface area contributed by atoms with Crippen molar-refractivity contribution in [2.75, 3.05) is 5.32 Å². The van der Waals surface area contributed by atoms with Crippen molar-refractivity contribution in [3.8, 4) is 22.1 Å². The predicted octanol–water partition coefficient (Wildman–Crippen LogP) is 7.50. The van der Waals surface area contributed by atoms with E-state index < -0.39 is 0 Å². The van der Waals surface area contributed by atoms with Crippen LogP contribution in [-0.2, 0) is 0 Å². The van der Waals surface area contributed by atoms with Gasteiger partial charge in [0.1, 0.15) is 5.01 Å². The van der Waals surface area contributed by atoms with Crippen molar-refractivity contribution in [2.24, 2.45) is 0 Å². The molecule has 0 aliphatic rings. The highest BCUT2D eigenvalue weighted by Gasteiger charge is 2.23. The van der Waals surface area contributed by atoms with Crippen molar-refractivity contribution in [3.63, 3.8) is 0 Å². The van der Waals surface area contributed by atoms with Crippen molar-refractivity contribution < 1.29 is 10.2 Å². The summed E-state index contributed by atoms with van der Waals surface area (Å²) < 4.78 is 0. The Morgan fingerprint density at radius 2 is 1.33 bits per heavy atom. The number of para-hydroxylation sites is 2. The first-order chi connectivity index (χ1) is 19.1. The van der Waals surface area contributed by atoms with Gasteiger partial charge in [-0.25, -0.2) is 0 Å². The van der Waals surface area contributed by atoms with Gasteiger partial charge in [-0.1, -0.05) is 72.0 Å². The zero-order chi connectivity index (χ0) is 26.3. The number of nitrogens with one attached hydrogen (secondary N) is 3. The number of rotatable bonds is 6. The average Bonchev–Trinajstić information content (AvgIpc) is 3.71. The minimum absolute atomic E-state index is 0.0279. The third-order valence-corrected chi connectivity index (χ3v) is 7.89. The number of anilines is 2. The fourth-order valence-corrected chi connectivity index (χ4v) is 5.89. The molecule has 0 saturated carbocycles. The normalized spacial score (nSPS) is 11.5. The highest BCUT2D eigenvalue weighted by Crippen LogP contribution is 2.40. The summed E-state index contributed by atoms with van der Waals surface area (Å²) in [4.78, 5) is 6.90. The van der Waals surface area contributed by atoms with Crippen molar-refractivity contribution in [3.05, 3.63) is 120 Å². The van der Waals surface area contributed by atoms with Crippen LogP contribution < -0.4 is 5.32 Å². The average molecular weight is 530 g/mol. The van der Waals surface area contributed by atoms with Gasteiger partial charge in [0.25, 0.3) is 0 Å². The van der Waals surface area contributed by atoms with Gasteiger partial charge in [-0.2, -0.15) is 0 Å². The van der Waals surface area contributed by atoms with E-state index in [1.165, 1.54) is 50.9 Å². The van der Waals surface area contributed by atoms with Crippen molar-refractivity contribution in [1.29, 1.82) is 0 Å². The van der Waals surface area contributed by atoms with Crippen LogP contribution in [0.3, 0.4) is 0 Å². The number of fused-ring (bicyclic) bond motifs is 2. The number of hydrogen-bond acceptors (Lipinski definition) is 6. The smallest absolute Gasteiger partial charge is 0.210 e. The maximum absolute atomic E-state index is 9.76. The van der Waals surface area contributed by atoms with Crippen molar-refractivity contribution in [2.45, 2.75) is 5.92 Å². The first-order valence-corrected chi connectivity index (χ1v) is 13.3. The van der Waals surface area contributed by atoms with Crippen LogP contribution in [0.2, 0.25) is 0 Å². The van der Waals surface area contributed by atoms with Gasteiger partial charge in [-0.05, 0) is 41.0 Å². The maximum atomic E-state index is 9.76. The molecule has 0 radical (unpaired) electrons. The second-order valence-corrected chi connectivity index (χ2v) is 10.4. The van der Waals surface area contributed by atoms with E-state index in [2.05, 4.69) is 98.5 Å². The van der Waals surface area contributed by atoms with Crippen LogP contribution in [0.4, 0.5) is 10.8 Å².